The van der Waals surface area contributed by atoms with Crippen LogP contribution >= 0.6 is 11.6 Å². The van der Waals surface area contributed by atoms with Crippen molar-refractivity contribution in [3.8, 4) is 0 Å². The van der Waals surface area contributed by atoms with Crippen molar-refractivity contribution in [2.75, 3.05) is 18.4 Å². The van der Waals surface area contributed by atoms with Gasteiger partial charge in [0.05, 0.1) is 6.04 Å². The van der Waals surface area contributed by atoms with Crippen molar-refractivity contribution in [1.29, 1.82) is 0 Å². The van der Waals surface area contributed by atoms with Gasteiger partial charge in [-0.25, -0.2) is 4.98 Å². The largest absolute Gasteiger partial charge is 0.325 e. The van der Waals surface area contributed by atoms with Gasteiger partial charge in [-0.05, 0) is 38.1 Å². The summed E-state index contributed by atoms with van der Waals surface area (Å²) in [6, 6.07) is 6.97. The van der Waals surface area contributed by atoms with E-state index in [1.807, 2.05) is 19.1 Å². The number of likely N-dealkylation sites (tertiary alicyclic amines) is 1. The lowest BCUT2D eigenvalue weighted by Crippen LogP contribution is -2.40. The lowest BCUT2D eigenvalue weighted by Gasteiger charge is -2.23. The summed E-state index contributed by atoms with van der Waals surface area (Å²) in [5, 5.41) is 10.3. The molecule has 1 aromatic heterocycles. The molecule has 116 valence electrons. The van der Waals surface area contributed by atoms with Gasteiger partial charge in [-0.15, -0.1) is 0 Å². The van der Waals surface area contributed by atoms with Gasteiger partial charge >= 0.3 is 0 Å². The Hall–Kier alpha value is -1.92. The second kappa shape index (κ2) is 6.46. The standard InChI is InChI=1S/C15H18ClN5O/c1-10(15(22)19-13-4-2-3-12(16)7-13)21-6-5-11(8-21)14-17-9-18-20-14/h2-4,7,9-11H,5-6,8H2,1H3,(H,19,22)(H,17,18,20)/t10-,11-/m1/s1. The van der Waals surface area contributed by atoms with Gasteiger partial charge in [0.25, 0.3) is 0 Å². The first-order valence-electron chi connectivity index (χ1n) is 7.29. The zero-order valence-electron chi connectivity index (χ0n) is 12.3. The number of nitrogens with one attached hydrogen (secondary N) is 2. The molecule has 2 atom stereocenters. The molecule has 0 radical (unpaired) electrons. The first-order chi connectivity index (χ1) is 10.6. The predicted molar refractivity (Wildman–Crippen MR) is 84.9 cm³/mol. The van der Waals surface area contributed by atoms with Crippen LogP contribution in [0.4, 0.5) is 5.69 Å². The molecule has 0 aliphatic carbocycles. The van der Waals surface area contributed by atoms with Gasteiger partial charge < -0.3 is 5.32 Å². The van der Waals surface area contributed by atoms with Crippen molar-refractivity contribution in [1.82, 2.24) is 20.1 Å². The summed E-state index contributed by atoms with van der Waals surface area (Å²) >= 11 is 5.93. The van der Waals surface area contributed by atoms with Crippen LogP contribution in [0, 0.1) is 0 Å². The van der Waals surface area contributed by atoms with E-state index < -0.39 is 0 Å². The Bertz CT molecular complexity index is 645. The van der Waals surface area contributed by atoms with E-state index in [-0.39, 0.29) is 11.9 Å². The Morgan fingerprint density at radius 2 is 2.41 bits per heavy atom. The van der Waals surface area contributed by atoms with Crippen LogP contribution in [0.3, 0.4) is 0 Å². The number of aromatic amines is 1. The van der Waals surface area contributed by atoms with E-state index in [1.54, 1.807) is 12.1 Å². The van der Waals surface area contributed by atoms with Crippen molar-refractivity contribution in [3.63, 3.8) is 0 Å². The highest BCUT2D eigenvalue weighted by molar-refractivity contribution is 6.30. The number of aromatic nitrogens is 3. The lowest BCUT2D eigenvalue weighted by atomic mass is 10.1. The zero-order valence-corrected chi connectivity index (χ0v) is 13.0. The molecule has 22 heavy (non-hydrogen) atoms. The minimum atomic E-state index is -0.202. The minimum Gasteiger partial charge on any atom is -0.325 e. The van der Waals surface area contributed by atoms with Crippen molar-refractivity contribution in [2.45, 2.75) is 25.3 Å². The van der Waals surface area contributed by atoms with Crippen molar-refractivity contribution < 1.29 is 4.79 Å². The van der Waals surface area contributed by atoms with E-state index in [0.717, 1.165) is 31.0 Å². The van der Waals surface area contributed by atoms with Crippen LogP contribution in [0.2, 0.25) is 5.02 Å². The van der Waals surface area contributed by atoms with Crippen molar-refractivity contribution in [3.05, 3.63) is 41.4 Å². The first-order valence-corrected chi connectivity index (χ1v) is 7.67. The second-order valence-electron chi connectivity index (χ2n) is 5.53. The molecule has 1 saturated heterocycles. The van der Waals surface area contributed by atoms with Crippen LogP contribution in [0.25, 0.3) is 0 Å². The third-order valence-electron chi connectivity index (χ3n) is 4.06. The summed E-state index contributed by atoms with van der Waals surface area (Å²) < 4.78 is 0. The predicted octanol–water partition coefficient (Wildman–Crippen LogP) is 2.27. The van der Waals surface area contributed by atoms with E-state index in [1.165, 1.54) is 6.33 Å². The molecule has 7 heteroatoms. The molecule has 0 spiro atoms. The van der Waals surface area contributed by atoms with Gasteiger partial charge in [-0.1, -0.05) is 17.7 Å². The summed E-state index contributed by atoms with van der Waals surface area (Å²) in [4.78, 5) is 18.7. The average Bonchev–Trinajstić information content (AvgIpc) is 3.17. The zero-order chi connectivity index (χ0) is 15.5. The topological polar surface area (TPSA) is 73.9 Å². The third kappa shape index (κ3) is 3.28. The van der Waals surface area contributed by atoms with Gasteiger partial charge in [0.2, 0.25) is 5.91 Å². The molecule has 1 aliphatic rings. The number of H-pyrrole nitrogens is 1. The molecule has 2 aromatic rings. The molecule has 0 bridgehead atoms. The molecule has 1 aromatic carbocycles. The fourth-order valence-electron chi connectivity index (χ4n) is 2.75. The van der Waals surface area contributed by atoms with Gasteiger partial charge in [-0.2, -0.15) is 5.10 Å². The van der Waals surface area contributed by atoms with Crippen molar-refractivity contribution in [2.24, 2.45) is 0 Å². The Kier molecular flexibility index (Phi) is 4.40. The molecule has 1 fully saturated rings. The molecular formula is C15H18ClN5O. The number of hydrogen-bond donors (Lipinski definition) is 2. The SMILES string of the molecule is C[C@H](C(=O)Nc1cccc(Cl)c1)N1CC[C@@H](c2ncn[nH]2)C1. The van der Waals surface area contributed by atoms with Gasteiger partial charge in [-0.3, -0.25) is 14.8 Å². The lowest BCUT2D eigenvalue weighted by molar-refractivity contribution is -0.120. The van der Waals surface area contributed by atoms with Crippen LogP contribution in [0.1, 0.15) is 25.1 Å². The highest BCUT2D eigenvalue weighted by atomic mass is 35.5. The summed E-state index contributed by atoms with van der Waals surface area (Å²) in [5.74, 6) is 1.18. The number of anilines is 1. The minimum absolute atomic E-state index is 0.0273. The van der Waals surface area contributed by atoms with Crippen LogP contribution in [0.15, 0.2) is 30.6 Å². The van der Waals surface area contributed by atoms with Gasteiger partial charge in [0.15, 0.2) is 0 Å². The van der Waals surface area contributed by atoms with E-state index in [9.17, 15) is 4.79 Å². The maximum Gasteiger partial charge on any atom is 0.241 e. The van der Waals surface area contributed by atoms with E-state index in [0.29, 0.717) is 10.9 Å². The summed E-state index contributed by atoms with van der Waals surface area (Å²) in [6.07, 6.45) is 2.50. The Morgan fingerprint density at radius 1 is 1.55 bits per heavy atom. The molecular weight excluding hydrogens is 302 g/mol. The first kappa shape index (κ1) is 15.0. The number of halogens is 1. The summed E-state index contributed by atoms with van der Waals surface area (Å²) in [5.41, 5.74) is 0.718. The summed E-state index contributed by atoms with van der Waals surface area (Å²) in [6.45, 7) is 3.59. The molecule has 0 saturated carbocycles. The fourth-order valence-corrected chi connectivity index (χ4v) is 2.94. The van der Waals surface area contributed by atoms with Gasteiger partial charge in [0, 0.05) is 23.2 Å². The quantitative estimate of drug-likeness (QED) is 0.906. The number of amides is 1. The molecule has 0 unspecified atom stereocenters. The molecule has 3 rings (SSSR count). The third-order valence-corrected chi connectivity index (χ3v) is 4.29. The molecule has 2 N–H and O–H groups in total. The van der Waals surface area contributed by atoms with E-state index in [2.05, 4.69) is 25.4 Å². The monoisotopic (exact) mass is 319 g/mol. The molecule has 2 heterocycles. The van der Waals surface area contributed by atoms with E-state index >= 15 is 0 Å². The van der Waals surface area contributed by atoms with Crippen LogP contribution < -0.4 is 5.32 Å². The summed E-state index contributed by atoms with van der Waals surface area (Å²) in [7, 11) is 0. The number of nitrogens with zero attached hydrogens (tertiary/aromatic N) is 3. The van der Waals surface area contributed by atoms with Crippen LogP contribution in [-0.4, -0.2) is 45.1 Å². The Labute approximate surface area is 133 Å². The number of carbonyl (C=O) groups excluding carboxylic acids is 1. The Morgan fingerprint density at radius 3 is 3.14 bits per heavy atom. The highest BCUT2D eigenvalue weighted by Gasteiger charge is 2.31. The van der Waals surface area contributed by atoms with Crippen LogP contribution in [0.5, 0.6) is 0 Å². The number of rotatable bonds is 4. The van der Waals surface area contributed by atoms with E-state index in [4.69, 9.17) is 11.6 Å². The number of carbonyl (C=O) groups is 1. The Balaban J connectivity index is 1.59. The fraction of sp³-hybridized carbons (Fsp3) is 0.400. The van der Waals surface area contributed by atoms with Crippen molar-refractivity contribution >= 4 is 23.2 Å². The molecule has 6 nitrogen and oxygen atoms in total. The highest BCUT2D eigenvalue weighted by Crippen LogP contribution is 2.26. The maximum absolute atomic E-state index is 12.4. The smallest absolute Gasteiger partial charge is 0.241 e. The van der Waals surface area contributed by atoms with Crippen LogP contribution in [-0.2, 0) is 4.79 Å². The molecule has 1 aliphatic heterocycles. The molecule has 1 amide bonds. The average molecular weight is 320 g/mol. The number of benzene rings is 1. The van der Waals surface area contributed by atoms with Gasteiger partial charge in [0.1, 0.15) is 12.2 Å². The maximum atomic E-state index is 12.4. The number of hydrogen-bond acceptors (Lipinski definition) is 4. The second-order valence-corrected chi connectivity index (χ2v) is 5.96. The normalized spacial score (nSPS) is 20.0.